The van der Waals surface area contributed by atoms with Crippen LogP contribution in [-0.4, -0.2) is 37.0 Å². The van der Waals surface area contributed by atoms with Crippen molar-refractivity contribution in [1.29, 1.82) is 0 Å². The van der Waals surface area contributed by atoms with Crippen LogP contribution < -0.4 is 5.11 Å². The standard InChI is InChI=1S/C20H17.C5H8O2.C3H4O2.2ClH.Sb/c1-20(17-11-5-2-6-12-17,18-13-7-3-8-14-18)19-15-9-4-10-16-19;1-4(2)5(6)7-3;1-2-3(4)5;;;/h2-16H,1H2;1H2,2-3H3;2H,1H2,(H,4,5);2*1H;/q;;;;;+3/p-3. The van der Waals surface area contributed by atoms with Gasteiger partial charge in [-0.3, -0.25) is 0 Å². The van der Waals surface area contributed by atoms with Gasteiger partial charge in [0.25, 0.3) is 0 Å². The van der Waals surface area contributed by atoms with E-state index in [-0.39, 0.29) is 11.4 Å². The van der Waals surface area contributed by atoms with Crippen LogP contribution in [0.2, 0.25) is 4.37 Å². The van der Waals surface area contributed by atoms with Crippen molar-refractivity contribution in [3.8, 4) is 0 Å². The van der Waals surface area contributed by atoms with Crippen molar-refractivity contribution in [3.05, 3.63) is 132 Å². The molecule has 4 nitrogen and oxygen atoms in total. The van der Waals surface area contributed by atoms with Gasteiger partial charge in [0.05, 0.1) is 13.1 Å². The Labute approximate surface area is 222 Å². The molecule has 0 saturated heterocycles. The summed E-state index contributed by atoms with van der Waals surface area (Å²) in [6.45, 7) is 7.85. The van der Waals surface area contributed by atoms with Crippen molar-refractivity contribution in [2.24, 2.45) is 0 Å². The van der Waals surface area contributed by atoms with E-state index in [1.165, 1.54) is 23.8 Å². The second-order valence-electron chi connectivity index (χ2n) is 7.26. The summed E-state index contributed by atoms with van der Waals surface area (Å²) >= 11 is -2.31. The normalized spacial score (nSPS) is 10.1. The first-order valence-electron chi connectivity index (χ1n) is 10.5. The van der Waals surface area contributed by atoms with Crippen LogP contribution in [0.3, 0.4) is 0 Å². The molecular formula is C28H28Cl2O4Sb. The minimum atomic E-state index is -2.31. The fourth-order valence-corrected chi connectivity index (χ4v) is 8.29. The van der Waals surface area contributed by atoms with Gasteiger partial charge < -0.3 is 14.6 Å². The van der Waals surface area contributed by atoms with Gasteiger partial charge in [-0.1, -0.05) is 13.2 Å². The summed E-state index contributed by atoms with van der Waals surface area (Å²) in [6, 6.07) is 31.7. The predicted molar refractivity (Wildman–Crippen MR) is 144 cm³/mol. The molecule has 0 heterocycles. The SMILES string of the molecule is C=C(C)C(=O)OC.C=CC(=O)[O-].[Cl][Sb+]([Cl])[CH2]C(c1ccccc1)(c1ccccc1)c1ccccc1. The zero-order valence-corrected chi connectivity index (χ0v) is 23.8. The predicted octanol–water partition coefficient (Wildman–Crippen LogP) is 5.64. The number of hydrogen-bond acceptors (Lipinski definition) is 4. The number of carbonyl (C=O) groups excluding carboxylic acids is 2. The number of esters is 1. The van der Waals surface area contributed by atoms with Crippen LogP contribution in [0.4, 0.5) is 0 Å². The molecular weight excluding hydrogens is 593 g/mol. The van der Waals surface area contributed by atoms with Crippen molar-refractivity contribution in [3.63, 3.8) is 0 Å². The van der Waals surface area contributed by atoms with E-state index >= 15 is 0 Å². The fourth-order valence-electron chi connectivity index (χ4n) is 3.30. The number of aliphatic carboxylic acids is 1. The Morgan fingerprint density at radius 2 is 1.20 bits per heavy atom. The number of rotatable bonds is 7. The van der Waals surface area contributed by atoms with Gasteiger partial charge in [-0.25, -0.2) is 4.79 Å². The summed E-state index contributed by atoms with van der Waals surface area (Å²) in [5.74, 6) is -1.58. The summed E-state index contributed by atoms with van der Waals surface area (Å²) in [5.41, 5.74) is 3.88. The molecule has 35 heavy (non-hydrogen) atoms. The molecule has 0 saturated carbocycles. The van der Waals surface area contributed by atoms with Crippen molar-refractivity contribution in [2.75, 3.05) is 7.11 Å². The molecule has 0 N–H and O–H groups in total. The van der Waals surface area contributed by atoms with Crippen molar-refractivity contribution in [2.45, 2.75) is 16.7 Å². The fraction of sp³-hybridized carbons (Fsp3) is 0.143. The van der Waals surface area contributed by atoms with Gasteiger partial charge >= 0.3 is 159 Å². The molecule has 0 aliphatic rings. The Balaban J connectivity index is 0.000000425. The van der Waals surface area contributed by atoms with E-state index in [9.17, 15) is 4.79 Å². The van der Waals surface area contributed by atoms with Crippen LogP contribution in [0.25, 0.3) is 0 Å². The van der Waals surface area contributed by atoms with Crippen LogP contribution in [0.1, 0.15) is 23.6 Å². The van der Waals surface area contributed by atoms with Crippen molar-refractivity contribution < 1.29 is 19.4 Å². The zero-order chi connectivity index (χ0) is 26.3. The van der Waals surface area contributed by atoms with Crippen molar-refractivity contribution >= 4 is 47.5 Å². The van der Waals surface area contributed by atoms with Gasteiger partial charge in [0.15, 0.2) is 0 Å². The number of halogens is 2. The van der Waals surface area contributed by atoms with Crippen molar-refractivity contribution in [1.82, 2.24) is 0 Å². The molecule has 0 aliphatic heterocycles. The Morgan fingerprint density at radius 3 is 1.37 bits per heavy atom. The van der Waals surface area contributed by atoms with Crippen LogP contribution in [0, 0.1) is 0 Å². The third-order valence-corrected chi connectivity index (χ3v) is 8.50. The van der Waals surface area contributed by atoms with Crippen LogP contribution >= 0.6 is 17.7 Å². The summed E-state index contributed by atoms with van der Waals surface area (Å²) in [5, 5.41) is 9.14. The second-order valence-corrected chi connectivity index (χ2v) is 16.5. The molecule has 183 valence electrons. The molecule has 7 heteroatoms. The number of carbonyl (C=O) groups is 2. The molecule has 3 aromatic rings. The molecule has 0 aromatic heterocycles. The van der Waals surface area contributed by atoms with Gasteiger partial charge in [0, 0.05) is 5.57 Å². The average Bonchev–Trinajstić information content (AvgIpc) is 2.88. The van der Waals surface area contributed by atoms with Gasteiger partial charge in [0.2, 0.25) is 0 Å². The van der Waals surface area contributed by atoms with E-state index in [2.05, 4.69) is 90.7 Å². The summed E-state index contributed by atoms with van der Waals surface area (Å²) in [4.78, 5) is 19.3. The van der Waals surface area contributed by atoms with E-state index in [0.717, 1.165) is 10.4 Å². The third kappa shape index (κ3) is 9.93. The van der Waals surface area contributed by atoms with Gasteiger partial charge in [-0.05, 0) is 13.0 Å². The first-order chi connectivity index (χ1) is 16.7. The minimum absolute atomic E-state index is 0.282. The van der Waals surface area contributed by atoms with E-state index < -0.39 is 23.9 Å². The first-order valence-corrected chi connectivity index (χ1v) is 18.8. The van der Waals surface area contributed by atoms with Crippen LogP contribution in [0.5, 0.6) is 0 Å². The van der Waals surface area contributed by atoms with E-state index in [1.807, 2.05) is 18.2 Å². The Morgan fingerprint density at radius 1 is 0.886 bits per heavy atom. The van der Waals surface area contributed by atoms with Crippen LogP contribution in [0.15, 0.2) is 116 Å². The maximum absolute atomic E-state index is 10.2. The van der Waals surface area contributed by atoms with E-state index in [4.69, 9.17) is 27.6 Å². The molecule has 1 radical (unpaired) electrons. The molecule has 0 spiro atoms. The monoisotopic (exact) mass is 619 g/mol. The quantitative estimate of drug-likeness (QED) is 0.148. The third-order valence-electron chi connectivity index (χ3n) is 4.86. The number of methoxy groups -OCH3 is 1. The molecule has 0 unspecified atom stereocenters. The van der Waals surface area contributed by atoms with Crippen LogP contribution in [-0.2, 0) is 19.7 Å². The molecule has 0 atom stereocenters. The number of hydrogen-bond donors (Lipinski definition) is 0. The number of carboxylic acids is 1. The summed E-state index contributed by atoms with van der Waals surface area (Å²) in [7, 11) is 14.3. The summed E-state index contributed by atoms with van der Waals surface area (Å²) in [6.07, 6.45) is 0.722. The van der Waals surface area contributed by atoms with E-state index in [1.54, 1.807) is 6.92 Å². The molecule has 0 amide bonds. The van der Waals surface area contributed by atoms with Gasteiger partial charge in [-0.15, -0.1) is 0 Å². The molecule has 0 aliphatic carbocycles. The maximum atomic E-state index is 10.2. The number of carboxylic acid groups (broad SMARTS) is 1. The molecule has 3 rings (SSSR count). The molecule has 3 aromatic carbocycles. The van der Waals surface area contributed by atoms with Gasteiger partial charge in [0.1, 0.15) is 0 Å². The first kappa shape index (κ1) is 30.5. The summed E-state index contributed by atoms with van der Waals surface area (Å²) < 4.78 is 5.08. The number of ether oxygens (including phenoxy) is 1. The number of benzene rings is 3. The Hall–Kier alpha value is -2.52. The molecule has 0 bridgehead atoms. The Kier molecular flexibility index (Phi) is 14.1. The average molecular weight is 621 g/mol. The van der Waals surface area contributed by atoms with Gasteiger partial charge in [-0.2, -0.15) is 0 Å². The van der Waals surface area contributed by atoms with E-state index in [0.29, 0.717) is 5.57 Å². The zero-order valence-electron chi connectivity index (χ0n) is 19.7. The topological polar surface area (TPSA) is 66.4 Å². The second kappa shape index (κ2) is 16.2. The molecule has 0 fully saturated rings. The Bertz CT molecular complexity index is 975.